The molecule has 5 nitrogen and oxygen atoms in total. The van der Waals surface area contributed by atoms with Crippen LogP contribution in [0.4, 0.5) is 5.82 Å². The molecule has 3 heterocycles. The second-order valence-electron chi connectivity index (χ2n) is 7.44. The number of rotatable bonds is 3. The fourth-order valence-corrected chi connectivity index (χ4v) is 4.20. The van der Waals surface area contributed by atoms with Gasteiger partial charge < -0.3 is 14.5 Å². The van der Waals surface area contributed by atoms with Gasteiger partial charge in [-0.1, -0.05) is 42.6 Å². The largest absolute Gasteiger partial charge is 0.370 e. The molecule has 1 aromatic heterocycles. The van der Waals surface area contributed by atoms with Crippen LogP contribution in [0.15, 0.2) is 42.6 Å². The quantitative estimate of drug-likeness (QED) is 0.770. The maximum atomic E-state index is 13.0. The number of carbonyl (C=O) groups excluding carboxylic acids is 1. The number of aromatic nitrogens is 1. The second-order valence-corrected chi connectivity index (χ2v) is 7.85. The lowest BCUT2D eigenvalue weighted by Crippen LogP contribution is -2.42. The Balaban J connectivity index is 1.44. The Bertz CT molecular complexity index is 804. The van der Waals surface area contributed by atoms with Crippen LogP contribution in [-0.2, 0) is 4.74 Å². The molecule has 0 N–H and O–H groups in total. The number of hydrogen-bond donors (Lipinski definition) is 0. The lowest BCUT2D eigenvalue weighted by molar-refractivity contribution is -0.0227. The Morgan fingerprint density at radius 1 is 1.04 bits per heavy atom. The van der Waals surface area contributed by atoms with Gasteiger partial charge in [-0.3, -0.25) is 4.79 Å². The molecule has 0 bridgehead atoms. The summed E-state index contributed by atoms with van der Waals surface area (Å²) in [6.45, 7) is 3.66. The molecule has 28 heavy (non-hydrogen) atoms. The number of nitrogens with zero attached hydrogens (tertiary/aromatic N) is 3. The van der Waals surface area contributed by atoms with Crippen molar-refractivity contribution in [2.75, 3.05) is 37.7 Å². The van der Waals surface area contributed by atoms with Crippen LogP contribution in [0.3, 0.4) is 0 Å². The lowest BCUT2D eigenvalue weighted by atomic mass is 10.1. The number of anilines is 1. The molecule has 1 amide bonds. The van der Waals surface area contributed by atoms with E-state index in [0.29, 0.717) is 30.3 Å². The van der Waals surface area contributed by atoms with Crippen LogP contribution in [0.5, 0.6) is 0 Å². The van der Waals surface area contributed by atoms with Gasteiger partial charge in [-0.2, -0.15) is 0 Å². The zero-order valence-electron chi connectivity index (χ0n) is 16.0. The Kier molecular flexibility index (Phi) is 6.13. The van der Waals surface area contributed by atoms with Gasteiger partial charge in [-0.15, -0.1) is 0 Å². The van der Waals surface area contributed by atoms with E-state index >= 15 is 0 Å². The number of ether oxygens (including phenoxy) is 1. The third-order valence-electron chi connectivity index (χ3n) is 5.53. The van der Waals surface area contributed by atoms with Gasteiger partial charge in [0.15, 0.2) is 0 Å². The minimum Gasteiger partial charge on any atom is -0.370 e. The molecule has 148 valence electrons. The molecule has 4 rings (SSSR count). The summed E-state index contributed by atoms with van der Waals surface area (Å²) in [4.78, 5) is 21.7. The summed E-state index contributed by atoms with van der Waals surface area (Å²) in [6.07, 6.45) is 6.51. The molecule has 0 saturated carbocycles. The topological polar surface area (TPSA) is 45.7 Å². The van der Waals surface area contributed by atoms with E-state index in [2.05, 4.69) is 9.88 Å². The predicted molar refractivity (Wildman–Crippen MR) is 111 cm³/mol. The molecular weight excluding hydrogens is 374 g/mol. The van der Waals surface area contributed by atoms with Crippen molar-refractivity contribution in [2.24, 2.45) is 0 Å². The summed E-state index contributed by atoms with van der Waals surface area (Å²) in [6, 6.07) is 11.5. The van der Waals surface area contributed by atoms with E-state index in [9.17, 15) is 4.79 Å². The molecule has 1 aromatic carbocycles. The maximum Gasteiger partial charge on any atom is 0.255 e. The first-order valence-corrected chi connectivity index (χ1v) is 10.5. The predicted octanol–water partition coefficient (Wildman–Crippen LogP) is 4.33. The van der Waals surface area contributed by atoms with E-state index in [1.165, 1.54) is 25.7 Å². The molecular formula is C22H26ClN3O2. The van der Waals surface area contributed by atoms with Crippen LogP contribution in [0, 0.1) is 0 Å². The molecule has 1 unspecified atom stereocenters. The standard InChI is InChI=1S/C22H26ClN3O2/c23-19-8-4-3-7-18(19)20-16-26(13-14-28-20)22(27)17-9-10-21(24-15-17)25-11-5-1-2-6-12-25/h3-4,7-10,15,20H,1-2,5-6,11-14,16H2. The van der Waals surface area contributed by atoms with Gasteiger partial charge in [0.2, 0.25) is 0 Å². The number of morpholine rings is 1. The zero-order chi connectivity index (χ0) is 19.3. The summed E-state index contributed by atoms with van der Waals surface area (Å²) >= 11 is 6.31. The maximum absolute atomic E-state index is 13.0. The SMILES string of the molecule is O=C(c1ccc(N2CCCCCC2)nc1)N1CCOC(c2ccccc2Cl)C1. The summed E-state index contributed by atoms with van der Waals surface area (Å²) in [5.41, 5.74) is 1.55. The van der Waals surface area contributed by atoms with E-state index in [-0.39, 0.29) is 12.0 Å². The molecule has 1 atom stereocenters. The summed E-state index contributed by atoms with van der Waals surface area (Å²) in [5, 5.41) is 0.672. The van der Waals surface area contributed by atoms with E-state index < -0.39 is 0 Å². The van der Waals surface area contributed by atoms with Crippen LogP contribution in [0.1, 0.15) is 47.7 Å². The summed E-state index contributed by atoms with van der Waals surface area (Å²) < 4.78 is 5.87. The molecule has 6 heteroatoms. The van der Waals surface area contributed by atoms with E-state index in [1.807, 2.05) is 41.3 Å². The molecule has 0 spiro atoms. The number of benzene rings is 1. The first-order valence-electron chi connectivity index (χ1n) is 10.1. The Morgan fingerprint density at radius 2 is 1.82 bits per heavy atom. The average Bonchev–Trinajstić information content (AvgIpc) is 3.03. The van der Waals surface area contributed by atoms with Crippen LogP contribution in [0.25, 0.3) is 0 Å². The van der Waals surface area contributed by atoms with Crippen LogP contribution >= 0.6 is 11.6 Å². The molecule has 2 aliphatic rings. The van der Waals surface area contributed by atoms with Crippen LogP contribution < -0.4 is 4.90 Å². The third kappa shape index (κ3) is 4.31. The average molecular weight is 400 g/mol. The Hall–Kier alpha value is -2.11. The van der Waals surface area contributed by atoms with Crippen molar-refractivity contribution in [1.82, 2.24) is 9.88 Å². The smallest absolute Gasteiger partial charge is 0.255 e. The second kappa shape index (κ2) is 8.93. The van der Waals surface area contributed by atoms with E-state index in [4.69, 9.17) is 16.3 Å². The number of halogens is 1. The van der Waals surface area contributed by atoms with Gasteiger partial charge in [-0.05, 0) is 31.0 Å². The van der Waals surface area contributed by atoms with Crippen molar-refractivity contribution in [2.45, 2.75) is 31.8 Å². The molecule has 0 aliphatic carbocycles. The Morgan fingerprint density at radius 3 is 2.54 bits per heavy atom. The Labute approximate surface area is 171 Å². The van der Waals surface area contributed by atoms with Gasteiger partial charge in [0, 0.05) is 36.4 Å². The zero-order valence-corrected chi connectivity index (χ0v) is 16.8. The van der Waals surface area contributed by atoms with E-state index in [1.54, 1.807) is 6.20 Å². The first kappa shape index (κ1) is 19.2. The van der Waals surface area contributed by atoms with Crippen molar-refractivity contribution in [3.05, 3.63) is 58.7 Å². The lowest BCUT2D eigenvalue weighted by Gasteiger charge is -2.33. The van der Waals surface area contributed by atoms with Crippen LogP contribution in [0.2, 0.25) is 5.02 Å². The summed E-state index contributed by atoms with van der Waals surface area (Å²) in [5.74, 6) is 0.963. The normalized spacial score (nSPS) is 20.7. The van der Waals surface area contributed by atoms with Crippen molar-refractivity contribution in [1.29, 1.82) is 0 Å². The van der Waals surface area contributed by atoms with Crippen LogP contribution in [-0.4, -0.2) is 48.6 Å². The van der Waals surface area contributed by atoms with Gasteiger partial charge in [0.25, 0.3) is 5.91 Å². The van der Waals surface area contributed by atoms with Gasteiger partial charge in [0.1, 0.15) is 11.9 Å². The molecule has 2 fully saturated rings. The highest BCUT2D eigenvalue weighted by Crippen LogP contribution is 2.29. The van der Waals surface area contributed by atoms with E-state index in [0.717, 1.165) is 24.5 Å². The minimum absolute atomic E-state index is 0.00438. The van der Waals surface area contributed by atoms with Crippen molar-refractivity contribution in [3.63, 3.8) is 0 Å². The highest BCUT2D eigenvalue weighted by atomic mass is 35.5. The summed E-state index contributed by atoms with van der Waals surface area (Å²) in [7, 11) is 0. The van der Waals surface area contributed by atoms with Crippen molar-refractivity contribution >= 4 is 23.3 Å². The van der Waals surface area contributed by atoms with Crippen molar-refractivity contribution < 1.29 is 9.53 Å². The monoisotopic (exact) mass is 399 g/mol. The fourth-order valence-electron chi connectivity index (χ4n) is 3.94. The number of pyridine rings is 1. The highest BCUT2D eigenvalue weighted by Gasteiger charge is 2.27. The first-order chi connectivity index (χ1) is 13.7. The van der Waals surface area contributed by atoms with Gasteiger partial charge in [-0.25, -0.2) is 4.98 Å². The minimum atomic E-state index is -0.198. The van der Waals surface area contributed by atoms with Gasteiger partial charge in [0.05, 0.1) is 18.7 Å². The highest BCUT2D eigenvalue weighted by molar-refractivity contribution is 6.31. The van der Waals surface area contributed by atoms with Crippen molar-refractivity contribution in [3.8, 4) is 0 Å². The van der Waals surface area contributed by atoms with Gasteiger partial charge >= 0.3 is 0 Å². The third-order valence-corrected chi connectivity index (χ3v) is 5.87. The molecule has 2 aliphatic heterocycles. The molecule has 2 saturated heterocycles. The fraction of sp³-hybridized carbons (Fsp3) is 0.455. The molecule has 0 radical (unpaired) electrons. The number of hydrogen-bond acceptors (Lipinski definition) is 4. The number of amides is 1. The molecule has 2 aromatic rings. The number of carbonyl (C=O) groups is 1.